The Bertz CT molecular complexity index is 1460. The van der Waals surface area contributed by atoms with Gasteiger partial charge in [0.15, 0.2) is 4.47 Å². The van der Waals surface area contributed by atoms with E-state index in [2.05, 4.69) is 39.4 Å². The highest BCUT2D eigenvalue weighted by molar-refractivity contribution is 7.15. The van der Waals surface area contributed by atoms with Crippen molar-refractivity contribution in [2.45, 2.75) is 26.9 Å². The number of halogens is 1. The first-order valence-electron chi connectivity index (χ1n) is 9.79. The molecule has 0 fully saturated rings. The summed E-state index contributed by atoms with van der Waals surface area (Å²) in [6, 6.07) is 12.2. The lowest BCUT2D eigenvalue weighted by Gasteiger charge is -2.07. The van der Waals surface area contributed by atoms with E-state index in [0.29, 0.717) is 16.6 Å². The zero-order chi connectivity index (χ0) is 20.8. The van der Waals surface area contributed by atoms with Crippen LogP contribution >= 0.6 is 22.9 Å². The minimum atomic E-state index is -0.0220. The quantitative estimate of drug-likeness (QED) is 0.384. The van der Waals surface area contributed by atoms with Crippen LogP contribution in [0.15, 0.2) is 66.0 Å². The Morgan fingerprint density at radius 3 is 2.77 bits per heavy atom. The molecule has 5 rings (SSSR count). The average molecular weight is 436 g/mol. The first kappa shape index (κ1) is 19.0. The number of nitrogens with zero attached hydrogens (tertiary/aromatic N) is 4. The Balaban J connectivity index is 1.82. The fourth-order valence-corrected chi connectivity index (χ4v) is 5.07. The third-order valence-corrected chi connectivity index (χ3v) is 6.54. The number of aromatic nitrogens is 4. The summed E-state index contributed by atoms with van der Waals surface area (Å²) in [5.74, 6) is 0. The fraction of sp³-hybridized carbons (Fsp3) is 0.174. The van der Waals surface area contributed by atoms with Gasteiger partial charge in [-0.15, -0.1) is 11.3 Å². The molecule has 0 atom stereocenters. The SMILES string of the molecule is CCn1cc(-c2c[n+](Cc3cnc(Cl)s3)c3c(C)cccn3c2=O)c2ccccc21. The Labute approximate surface area is 182 Å². The molecule has 4 heterocycles. The Kier molecular flexibility index (Phi) is 4.68. The van der Waals surface area contributed by atoms with Gasteiger partial charge in [0, 0.05) is 41.0 Å². The number of thiazole rings is 1. The summed E-state index contributed by atoms with van der Waals surface area (Å²) in [5.41, 5.74) is 4.64. The van der Waals surface area contributed by atoms with Crippen LogP contribution in [0, 0.1) is 6.92 Å². The highest BCUT2D eigenvalue weighted by atomic mass is 35.5. The van der Waals surface area contributed by atoms with Crippen LogP contribution in [0.1, 0.15) is 17.4 Å². The second-order valence-corrected chi connectivity index (χ2v) is 8.98. The molecule has 0 amide bonds. The van der Waals surface area contributed by atoms with Crippen molar-refractivity contribution in [1.29, 1.82) is 0 Å². The number of aryl methyl sites for hydroxylation is 2. The van der Waals surface area contributed by atoms with Crippen molar-refractivity contribution in [2.75, 3.05) is 0 Å². The maximum atomic E-state index is 13.5. The summed E-state index contributed by atoms with van der Waals surface area (Å²) in [7, 11) is 0. The molecule has 0 bridgehead atoms. The van der Waals surface area contributed by atoms with E-state index in [4.69, 9.17) is 11.6 Å². The molecule has 0 spiro atoms. The Morgan fingerprint density at radius 1 is 1.17 bits per heavy atom. The zero-order valence-electron chi connectivity index (χ0n) is 16.7. The van der Waals surface area contributed by atoms with Crippen molar-refractivity contribution in [3.63, 3.8) is 0 Å². The predicted molar refractivity (Wildman–Crippen MR) is 121 cm³/mol. The summed E-state index contributed by atoms with van der Waals surface area (Å²) >= 11 is 7.51. The number of fused-ring (bicyclic) bond motifs is 2. The highest BCUT2D eigenvalue weighted by Crippen LogP contribution is 2.29. The van der Waals surface area contributed by atoms with Crippen LogP contribution in [0.5, 0.6) is 0 Å². The molecule has 0 aliphatic carbocycles. The van der Waals surface area contributed by atoms with Crippen molar-refractivity contribution in [3.05, 3.63) is 86.4 Å². The summed E-state index contributed by atoms with van der Waals surface area (Å²) in [6.45, 7) is 5.57. The molecule has 5 nitrogen and oxygen atoms in total. The summed E-state index contributed by atoms with van der Waals surface area (Å²) in [5, 5.41) is 1.08. The van der Waals surface area contributed by atoms with E-state index in [0.717, 1.165) is 39.1 Å². The number of benzene rings is 1. The van der Waals surface area contributed by atoms with E-state index in [1.54, 1.807) is 10.6 Å². The average Bonchev–Trinajstić information content (AvgIpc) is 3.33. The molecule has 30 heavy (non-hydrogen) atoms. The number of hydrogen-bond acceptors (Lipinski definition) is 3. The smallest absolute Gasteiger partial charge is 0.347 e. The predicted octanol–water partition coefficient (Wildman–Crippen LogP) is 4.70. The largest absolute Gasteiger partial charge is 0.350 e. The van der Waals surface area contributed by atoms with Crippen LogP contribution in [0.3, 0.4) is 0 Å². The van der Waals surface area contributed by atoms with Gasteiger partial charge in [-0.3, -0.25) is 0 Å². The van der Waals surface area contributed by atoms with Crippen molar-refractivity contribution < 1.29 is 4.57 Å². The first-order chi connectivity index (χ1) is 14.6. The first-order valence-corrected chi connectivity index (χ1v) is 11.0. The Hall–Kier alpha value is -2.96. The second-order valence-electron chi connectivity index (χ2n) is 7.29. The number of pyridine rings is 1. The monoisotopic (exact) mass is 435 g/mol. The lowest BCUT2D eigenvalue weighted by atomic mass is 10.1. The second kappa shape index (κ2) is 7.38. The minimum absolute atomic E-state index is 0.0220. The van der Waals surface area contributed by atoms with Gasteiger partial charge in [-0.2, -0.15) is 4.40 Å². The molecule has 0 radical (unpaired) electrons. The molecule has 1 aromatic carbocycles. The molecular formula is C23H20ClN4OS+. The van der Waals surface area contributed by atoms with E-state index < -0.39 is 0 Å². The lowest BCUT2D eigenvalue weighted by molar-refractivity contribution is -0.665. The minimum Gasteiger partial charge on any atom is -0.347 e. The molecule has 0 aliphatic rings. The normalized spacial score (nSPS) is 11.6. The van der Waals surface area contributed by atoms with Crippen molar-refractivity contribution in [2.24, 2.45) is 0 Å². The molecule has 0 aliphatic heterocycles. The molecule has 0 saturated carbocycles. The van der Waals surface area contributed by atoms with Crippen LogP contribution in [-0.2, 0) is 13.1 Å². The molecular weight excluding hydrogens is 416 g/mol. The van der Waals surface area contributed by atoms with Crippen LogP contribution in [0.2, 0.25) is 4.47 Å². The van der Waals surface area contributed by atoms with E-state index in [9.17, 15) is 4.79 Å². The van der Waals surface area contributed by atoms with Gasteiger partial charge in [0.2, 0.25) is 0 Å². The van der Waals surface area contributed by atoms with Gasteiger partial charge in [-0.1, -0.05) is 29.8 Å². The van der Waals surface area contributed by atoms with Gasteiger partial charge in [0.1, 0.15) is 18.3 Å². The maximum absolute atomic E-state index is 13.5. The van der Waals surface area contributed by atoms with Crippen molar-refractivity contribution in [3.8, 4) is 11.1 Å². The lowest BCUT2D eigenvalue weighted by Crippen LogP contribution is -2.41. The number of para-hydroxylation sites is 1. The van der Waals surface area contributed by atoms with E-state index in [-0.39, 0.29) is 5.56 Å². The van der Waals surface area contributed by atoms with E-state index >= 15 is 0 Å². The van der Waals surface area contributed by atoms with E-state index in [1.807, 2.05) is 43.6 Å². The van der Waals surface area contributed by atoms with Crippen LogP contribution in [0.25, 0.3) is 27.7 Å². The third-order valence-electron chi connectivity index (χ3n) is 5.44. The van der Waals surface area contributed by atoms with Gasteiger partial charge in [0.25, 0.3) is 5.65 Å². The van der Waals surface area contributed by atoms with Crippen molar-refractivity contribution >= 4 is 39.5 Å². The highest BCUT2D eigenvalue weighted by Gasteiger charge is 2.22. The molecule has 7 heteroatoms. The standard InChI is InChI=1S/C23H20ClN4OS/c1-3-26-13-18(17-8-4-5-9-20(17)26)19-14-27(12-16-11-25-23(24)30-16)21-15(2)7-6-10-28(21)22(19)29/h4-11,13-14H,3,12H2,1-2H3/q+1. The van der Waals surface area contributed by atoms with Crippen LogP contribution < -0.4 is 10.1 Å². The maximum Gasteiger partial charge on any atom is 0.350 e. The third kappa shape index (κ3) is 3.04. The number of rotatable bonds is 4. The summed E-state index contributed by atoms with van der Waals surface area (Å²) < 4.78 is 6.56. The van der Waals surface area contributed by atoms with Gasteiger partial charge < -0.3 is 4.57 Å². The van der Waals surface area contributed by atoms with E-state index in [1.165, 1.54) is 11.3 Å². The van der Waals surface area contributed by atoms with Gasteiger partial charge in [0.05, 0.1) is 11.1 Å². The Morgan fingerprint density at radius 2 is 2.00 bits per heavy atom. The summed E-state index contributed by atoms with van der Waals surface area (Å²) in [4.78, 5) is 18.7. The molecule has 4 aromatic heterocycles. The van der Waals surface area contributed by atoms with Gasteiger partial charge in [-0.05, 0) is 32.0 Å². The summed E-state index contributed by atoms with van der Waals surface area (Å²) in [6.07, 6.45) is 7.68. The van der Waals surface area contributed by atoms with Crippen molar-refractivity contribution in [1.82, 2.24) is 14.0 Å². The van der Waals surface area contributed by atoms with Gasteiger partial charge >= 0.3 is 5.56 Å². The topological polar surface area (TPSA) is 43.2 Å². The molecule has 150 valence electrons. The van der Waals surface area contributed by atoms with Crippen LogP contribution in [-0.4, -0.2) is 14.0 Å². The molecule has 0 unspecified atom stereocenters. The molecule has 0 N–H and O–H groups in total. The zero-order valence-corrected chi connectivity index (χ0v) is 18.2. The van der Waals surface area contributed by atoms with Gasteiger partial charge in [-0.25, -0.2) is 14.3 Å². The number of hydrogen-bond donors (Lipinski definition) is 0. The molecule has 5 aromatic rings. The molecule has 0 saturated heterocycles. The fourth-order valence-electron chi connectivity index (χ4n) is 4.09. The van der Waals surface area contributed by atoms with Crippen LogP contribution in [0.4, 0.5) is 0 Å².